The number of nitrogens with zero attached hydrogens (tertiary/aromatic N) is 1. The first-order valence-corrected chi connectivity index (χ1v) is 8.24. The van der Waals surface area contributed by atoms with Crippen molar-refractivity contribution in [3.63, 3.8) is 0 Å². The lowest BCUT2D eigenvalue weighted by Gasteiger charge is -2.01. The highest BCUT2D eigenvalue weighted by Crippen LogP contribution is 2.26. The van der Waals surface area contributed by atoms with Crippen LogP contribution < -0.4 is 5.43 Å². The molecule has 24 heavy (non-hydrogen) atoms. The van der Waals surface area contributed by atoms with Crippen molar-refractivity contribution in [3.8, 4) is 11.3 Å². The highest BCUT2D eigenvalue weighted by Gasteiger charge is 2.05. The normalized spacial score (nSPS) is 11.1. The molecule has 1 heterocycles. The van der Waals surface area contributed by atoms with E-state index in [4.69, 9.17) is 27.6 Å². The summed E-state index contributed by atoms with van der Waals surface area (Å²) in [6.45, 7) is 2.59. The summed E-state index contributed by atoms with van der Waals surface area (Å²) in [6, 6.07) is 17.3. The molecule has 0 bridgehead atoms. The topological polar surface area (TPSA) is 37.5 Å². The van der Waals surface area contributed by atoms with Crippen LogP contribution in [0.3, 0.4) is 0 Å². The third kappa shape index (κ3) is 4.19. The molecular formula is C19H16Cl2N2O. The Morgan fingerprint density at radius 1 is 1.04 bits per heavy atom. The fourth-order valence-electron chi connectivity index (χ4n) is 2.17. The van der Waals surface area contributed by atoms with E-state index in [1.807, 2.05) is 61.5 Å². The van der Waals surface area contributed by atoms with Gasteiger partial charge in [-0.15, -0.1) is 0 Å². The van der Waals surface area contributed by atoms with Gasteiger partial charge in [-0.1, -0.05) is 47.5 Å². The summed E-state index contributed by atoms with van der Waals surface area (Å²) in [4.78, 5) is 0. The molecule has 0 saturated carbocycles. The molecule has 3 rings (SSSR count). The van der Waals surface area contributed by atoms with Crippen molar-refractivity contribution in [2.45, 2.75) is 13.5 Å². The molecule has 3 nitrogen and oxygen atoms in total. The van der Waals surface area contributed by atoms with Crippen molar-refractivity contribution in [1.29, 1.82) is 0 Å². The van der Waals surface area contributed by atoms with Crippen LogP contribution in [-0.4, -0.2) is 6.21 Å². The average molecular weight is 359 g/mol. The van der Waals surface area contributed by atoms with Crippen LogP contribution in [-0.2, 0) is 6.54 Å². The minimum atomic E-state index is 0.620. The Morgan fingerprint density at radius 2 is 1.83 bits per heavy atom. The van der Waals surface area contributed by atoms with Gasteiger partial charge < -0.3 is 9.84 Å². The van der Waals surface area contributed by atoms with Gasteiger partial charge in [-0.2, -0.15) is 5.10 Å². The van der Waals surface area contributed by atoms with Crippen molar-refractivity contribution in [3.05, 3.63) is 81.5 Å². The zero-order valence-corrected chi connectivity index (χ0v) is 14.6. The number of furan rings is 1. The summed E-state index contributed by atoms with van der Waals surface area (Å²) in [7, 11) is 0. The first kappa shape index (κ1) is 16.6. The fourth-order valence-corrected chi connectivity index (χ4v) is 2.48. The summed E-state index contributed by atoms with van der Waals surface area (Å²) in [6.07, 6.45) is 1.65. The number of halogens is 2. The van der Waals surface area contributed by atoms with Crippen LogP contribution >= 0.6 is 23.2 Å². The number of aryl methyl sites for hydroxylation is 1. The maximum Gasteiger partial charge on any atom is 0.147 e. The maximum atomic E-state index is 6.15. The van der Waals surface area contributed by atoms with Gasteiger partial charge in [0.1, 0.15) is 11.5 Å². The summed E-state index contributed by atoms with van der Waals surface area (Å²) >= 11 is 12.0. The number of benzene rings is 2. The SMILES string of the molecule is Cc1ccc(-c2ccc(/C=N\NCc3ccc(Cl)cc3)o2)cc1Cl. The highest BCUT2D eigenvalue weighted by atomic mass is 35.5. The molecule has 1 N–H and O–H groups in total. The maximum absolute atomic E-state index is 6.15. The molecule has 0 amide bonds. The van der Waals surface area contributed by atoms with Gasteiger partial charge in [0.2, 0.25) is 0 Å². The van der Waals surface area contributed by atoms with Crippen LogP contribution in [0.2, 0.25) is 10.0 Å². The van der Waals surface area contributed by atoms with Crippen LogP contribution in [0, 0.1) is 6.92 Å². The van der Waals surface area contributed by atoms with Crippen LogP contribution in [0.5, 0.6) is 0 Å². The third-order valence-electron chi connectivity index (χ3n) is 3.56. The Morgan fingerprint density at radius 3 is 2.58 bits per heavy atom. The molecule has 0 atom stereocenters. The van der Waals surface area contributed by atoms with Gasteiger partial charge in [-0.05, 0) is 48.4 Å². The zero-order chi connectivity index (χ0) is 16.9. The number of nitrogens with one attached hydrogen (secondary N) is 1. The molecular weight excluding hydrogens is 343 g/mol. The standard InChI is InChI=1S/C19H16Cl2N2O/c1-13-2-5-15(10-18(13)21)19-9-8-17(24-19)12-23-22-11-14-3-6-16(20)7-4-14/h2-10,12,22H,11H2,1H3/b23-12-. The van der Waals surface area contributed by atoms with E-state index in [1.54, 1.807) is 6.21 Å². The molecule has 0 aliphatic carbocycles. The Balaban J connectivity index is 1.61. The number of hydrazone groups is 1. The zero-order valence-electron chi connectivity index (χ0n) is 13.1. The Labute approximate surface area is 150 Å². The molecule has 1 aromatic heterocycles. The largest absolute Gasteiger partial charge is 0.455 e. The first-order valence-electron chi connectivity index (χ1n) is 7.48. The number of rotatable bonds is 5. The number of hydrogen-bond donors (Lipinski definition) is 1. The minimum absolute atomic E-state index is 0.620. The molecule has 3 aromatic rings. The van der Waals surface area contributed by atoms with Crippen molar-refractivity contribution in [2.75, 3.05) is 0 Å². The van der Waals surface area contributed by atoms with E-state index in [2.05, 4.69) is 10.5 Å². The predicted molar refractivity (Wildman–Crippen MR) is 99.8 cm³/mol. The lowest BCUT2D eigenvalue weighted by Crippen LogP contribution is -2.05. The van der Waals surface area contributed by atoms with Crippen LogP contribution in [0.15, 0.2) is 64.1 Å². The van der Waals surface area contributed by atoms with E-state index in [-0.39, 0.29) is 0 Å². The quantitative estimate of drug-likeness (QED) is 0.470. The molecule has 0 aliphatic rings. The summed E-state index contributed by atoms with van der Waals surface area (Å²) in [5.41, 5.74) is 6.07. The lowest BCUT2D eigenvalue weighted by atomic mass is 10.1. The first-order chi connectivity index (χ1) is 11.6. The van der Waals surface area contributed by atoms with Gasteiger partial charge in [0, 0.05) is 15.6 Å². The lowest BCUT2D eigenvalue weighted by molar-refractivity contribution is 0.573. The second-order valence-corrected chi connectivity index (χ2v) is 6.23. The van der Waals surface area contributed by atoms with E-state index in [1.165, 1.54) is 0 Å². The molecule has 0 radical (unpaired) electrons. The van der Waals surface area contributed by atoms with E-state index in [0.29, 0.717) is 12.3 Å². The average Bonchev–Trinajstić information content (AvgIpc) is 3.05. The van der Waals surface area contributed by atoms with Gasteiger partial charge >= 0.3 is 0 Å². The van der Waals surface area contributed by atoms with Crippen LogP contribution in [0.1, 0.15) is 16.9 Å². The second kappa shape index (κ2) is 7.56. The predicted octanol–water partition coefficient (Wildman–Crippen LogP) is 5.69. The van der Waals surface area contributed by atoms with Gasteiger partial charge in [-0.25, -0.2) is 0 Å². The monoisotopic (exact) mass is 358 g/mol. The smallest absolute Gasteiger partial charge is 0.147 e. The molecule has 0 fully saturated rings. The molecule has 0 saturated heterocycles. The summed E-state index contributed by atoms with van der Waals surface area (Å²) in [5.74, 6) is 1.43. The molecule has 122 valence electrons. The van der Waals surface area contributed by atoms with E-state index in [9.17, 15) is 0 Å². The van der Waals surface area contributed by atoms with Gasteiger partial charge in [0.15, 0.2) is 0 Å². The van der Waals surface area contributed by atoms with E-state index in [0.717, 1.165) is 32.5 Å². The summed E-state index contributed by atoms with van der Waals surface area (Å²) < 4.78 is 5.77. The van der Waals surface area contributed by atoms with Crippen molar-refractivity contribution in [1.82, 2.24) is 5.43 Å². The Hall–Kier alpha value is -2.23. The molecule has 0 spiro atoms. The Kier molecular flexibility index (Phi) is 5.24. The van der Waals surface area contributed by atoms with Crippen LogP contribution in [0.25, 0.3) is 11.3 Å². The van der Waals surface area contributed by atoms with Gasteiger partial charge in [0.25, 0.3) is 0 Å². The fraction of sp³-hybridized carbons (Fsp3) is 0.105. The second-order valence-electron chi connectivity index (χ2n) is 5.39. The van der Waals surface area contributed by atoms with Crippen molar-refractivity contribution >= 4 is 29.4 Å². The molecule has 2 aromatic carbocycles. The van der Waals surface area contributed by atoms with E-state index < -0.39 is 0 Å². The summed E-state index contributed by atoms with van der Waals surface area (Å²) in [5, 5.41) is 5.62. The molecule has 0 aliphatic heterocycles. The van der Waals surface area contributed by atoms with Crippen molar-refractivity contribution in [2.24, 2.45) is 5.10 Å². The number of hydrogen-bond acceptors (Lipinski definition) is 3. The Bertz CT molecular complexity index is 854. The van der Waals surface area contributed by atoms with Crippen molar-refractivity contribution < 1.29 is 4.42 Å². The highest BCUT2D eigenvalue weighted by molar-refractivity contribution is 6.31. The van der Waals surface area contributed by atoms with Gasteiger partial charge in [0.05, 0.1) is 12.8 Å². The van der Waals surface area contributed by atoms with Gasteiger partial charge in [-0.3, -0.25) is 0 Å². The third-order valence-corrected chi connectivity index (χ3v) is 4.22. The molecule has 0 unspecified atom stereocenters. The molecule has 5 heteroatoms. The van der Waals surface area contributed by atoms with E-state index >= 15 is 0 Å². The minimum Gasteiger partial charge on any atom is -0.455 e. The van der Waals surface area contributed by atoms with Crippen LogP contribution in [0.4, 0.5) is 0 Å².